The van der Waals surface area contributed by atoms with E-state index in [-0.39, 0.29) is 6.61 Å². The van der Waals surface area contributed by atoms with Crippen molar-refractivity contribution in [1.82, 2.24) is 4.90 Å². The van der Waals surface area contributed by atoms with E-state index in [0.717, 1.165) is 12.1 Å². The van der Waals surface area contributed by atoms with Crippen LogP contribution in [0.4, 0.5) is 0 Å². The first-order valence-electron chi connectivity index (χ1n) is 5.32. The van der Waals surface area contributed by atoms with Gasteiger partial charge < -0.3 is 5.11 Å². The summed E-state index contributed by atoms with van der Waals surface area (Å²) in [7, 11) is 0. The number of likely N-dealkylation sites (tertiary alicyclic amines) is 1. The Hall–Kier alpha value is -0.780. The Balaban J connectivity index is 2.27. The number of rotatable bonds is 2. The van der Waals surface area contributed by atoms with Crippen molar-refractivity contribution in [3.63, 3.8) is 0 Å². The van der Waals surface area contributed by atoms with Crippen LogP contribution in [0.1, 0.15) is 26.2 Å². The van der Waals surface area contributed by atoms with Gasteiger partial charge in [0.25, 0.3) is 0 Å². The molecule has 0 spiro atoms. The van der Waals surface area contributed by atoms with Crippen LogP contribution in [0, 0.1) is 11.8 Å². The molecule has 14 heavy (non-hydrogen) atoms. The van der Waals surface area contributed by atoms with Crippen LogP contribution in [-0.2, 0) is 0 Å². The van der Waals surface area contributed by atoms with E-state index < -0.39 is 0 Å². The van der Waals surface area contributed by atoms with Crippen LogP contribution >= 0.6 is 0 Å². The Morgan fingerprint density at radius 3 is 2.71 bits per heavy atom. The molecule has 78 valence electrons. The molecule has 2 nitrogen and oxygen atoms in total. The summed E-state index contributed by atoms with van der Waals surface area (Å²) in [6.07, 6.45) is 5.73. The lowest BCUT2D eigenvalue weighted by molar-refractivity contribution is 0.255. The van der Waals surface area contributed by atoms with Gasteiger partial charge in [-0.3, -0.25) is 4.90 Å². The number of nitrogens with zero attached hydrogens (tertiary/aromatic N) is 1. The van der Waals surface area contributed by atoms with E-state index in [1.165, 1.54) is 32.4 Å². The van der Waals surface area contributed by atoms with Crippen LogP contribution in [0.3, 0.4) is 0 Å². The Morgan fingerprint density at radius 1 is 1.36 bits per heavy atom. The summed E-state index contributed by atoms with van der Waals surface area (Å²) in [5.41, 5.74) is 0.963. The van der Waals surface area contributed by atoms with Gasteiger partial charge in [0.05, 0.1) is 13.2 Å². The Bertz CT molecular complexity index is 241. The second-order valence-electron chi connectivity index (χ2n) is 3.71. The molecule has 0 unspecified atom stereocenters. The minimum absolute atomic E-state index is 0.0875. The minimum atomic E-state index is 0.0875. The molecule has 1 N–H and O–H groups in total. The van der Waals surface area contributed by atoms with E-state index in [0.29, 0.717) is 0 Å². The van der Waals surface area contributed by atoms with Crippen molar-refractivity contribution >= 4 is 0 Å². The molecule has 0 atom stereocenters. The molecule has 0 amide bonds. The quantitative estimate of drug-likeness (QED) is 0.670. The number of piperidine rings is 1. The van der Waals surface area contributed by atoms with E-state index in [9.17, 15) is 0 Å². The van der Waals surface area contributed by atoms with E-state index >= 15 is 0 Å². The molecule has 1 rings (SSSR count). The summed E-state index contributed by atoms with van der Waals surface area (Å²) >= 11 is 0. The third kappa shape index (κ3) is 4.45. The normalized spacial score (nSPS) is 18.9. The first-order chi connectivity index (χ1) is 6.83. The molecular formula is C12H19NO. The van der Waals surface area contributed by atoms with Crippen molar-refractivity contribution in [3.05, 3.63) is 11.6 Å². The van der Waals surface area contributed by atoms with Gasteiger partial charge in [0.2, 0.25) is 0 Å². The third-order valence-electron chi connectivity index (χ3n) is 2.43. The molecule has 0 radical (unpaired) electrons. The monoisotopic (exact) mass is 193 g/mol. The van der Waals surface area contributed by atoms with Crippen molar-refractivity contribution in [2.24, 2.45) is 0 Å². The highest BCUT2D eigenvalue weighted by molar-refractivity contribution is 5.26. The number of hydrogen-bond donors (Lipinski definition) is 1. The molecule has 1 aliphatic heterocycles. The summed E-state index contributed by atoms with van der Waals surface area (Å²) in [4.78, 5) is 2.39. The summed E-state index contributed by atoms with van der Waals surface area (Å²) in [6, 6.07) is 0. The first-order valence-corrected chi connectivity index (χ1v) is 5.32. The smallest absolute Gasteiger partial charge is 0.0624 e. The molecule has 0 aromatic carbocycles. The van der Waals surface area contributed by atoms with Gasteiger partial charge in [-0.2, -0.15) is 0 Å². The van der Waals surface area contributed by atoms with Crippen LogP contribution in [0.25, 0.3) is 0 Å². The third-order valence-corrected chi connectivity index (χ3v) is 2.43. The maximum atomic E-state index is 8.63. The lowest BCUT2D eigenvalue weighted by Crippen LogP contribution is -2.29. The Labute approximate surface area is 86.6 Å². The average Bonchev–Trinajstić information content (AvgIpc) is 2.20. The van der Waals surface area contributed by atoms with Crippen LogP contribution in [-0.4, -0.2) is 36.2 Å². The largest absolute Gasteiger partial charge is 0.392 e. The average molecular weight is 193 g/mol. The molecule has 1 saturated heterocycles. The molecule has 1 heterocycles. The van der Waals surface area contributed by atoms with Gasteiger partial charge in [0.1, 0.15) is 0 Å². The molecular weight excluding hydrogens is 174 g/mol. The fourth-order valence-electron chi connectivity index (χ4n) is 1.60. The standard InChI is InChI=1S/C12H19NO/c1-12(7-11-14)6-5-10-13-8-3-2-4-9-13/h7,14H,2-4,8-11H2,1H3/b12-7-. The predicted octanol–water partition coefficient (Wildman–Crippen LogP) is 1.41. The van der Waals surface area contributed by atoms with Crippen LogP contribution in [0.15, 0.2) is 11.6 Å². The van der Waals surface area contributed by atoms with Crippen molar-refractivity contribution in [2.75, 3.05) is 26.2 Å². The predicted molar refractivity (Wildman–Crippen MR) is 58.9 cm³/mol. The summed E-state index contributed by atoms with van der Waals surface area (Å²) in [5.74, 6) is 6.18. The van der Waals surface area contributed by atoms with E-state index in [1.54, 1.807) is 6.08 Å². The van der Waals surface area contributed by atoms with Gasteiger partial charge in [0.15, 0.2) is 0 Å². The fraction of sp³-hybridized carbons (Fsp3) is 0.667. The Kier molecular flexibility index (Phi) is 5.36. The zero-order valence-corrected chi connectivity index (χ0v) is 8.92. The van der Waals surface area contributed by atoms with E-state index in [4.69, 9.17) is 5.11 Å². The molecule has 0 aliphatic carbocycles. The fourth-order valence-corrected chi connectivity index (χ4v) is 1.60. The highest BCUT2D eigenvalue weighted by Crippen LogP contribution is 2.07. The first kappa shape index (κ1) is 11.3. The van der Waals surface area contributed by atoms with Crippen LogP contribution < -0.4 is 0 Å². The second-order valence-corrected chi connectivity index (χ2v) is 3.71. The molecule has 0 bridgehead atoms. The summed E-state index contributed by atoms with van der Waals surface area (Å²) in [6.45, 7) is 5.27. The van der Waals surface area contributed by atoms with Gasteiger partial charge in [-0.25, -0.2) is 0 Å². The zero-order valence-electron chi connectivity index (χ0n) is 8.92. The van der Waals surface area contributed by atoms with E-state index in [2.05, 4.69) is 16.7 Å². The van der Waals surface area contributed by atoms with E-state index in [1.807, 2.05) is 6.92 Å². The number of hydrogen-bond acceptors (Lipinski definition) is 2. The van der Waals surface area contributed by atoms with Crippen molar-refractivity contribution in [3.8, 4) is 11.8 Å². The lowest BCUT2D eigenvalue weighted by atomic mass is 10.1. The van der Waals surface area contributed by atoms with Crippen LogP contribution in [0.2, 0.25) is 0 Å². The molecule has 0 saturated carbocycles. The maximum Gasteiger partial charge on any atom is 0.0624 e. The van der Waals surface area contributed by atoms with Crippen molar-refractivity contribution in [2.45, 2.75) is 26.2 Å². The lowest BCUT2D eigenvalue weighted by Gasteiger charge is -2.23. The molecule has 1 fully saturated rings. The van der Waals surface area contributed by atoms with Gasteiger partial charge >= 0.3 is 0 Å². The number of aliphatic hydroxyl groups excluding tert-OH is 1. The summed E-state index contributed by atoms with van der Waals surface area (Å²) < 4.78 is 0. The minimum Gasteiger partial charge on any atom is -0.392 e. The number of allylic oxidation sites excluding steroid dienone is 1. The zero-order chi connectivity index (χ0) is 10.2. The topological polar surface area (TPSA) is 23.5 Å². The van der Waals surface area contributed by atoms with Gasteiger partial charge in [0, 0.05) is 0 Å². The van der Waals surface area contributed by atoms with Crippen LogP contribution in [0.5, 0.6) is 0 Å². The van der Waals surface area contributed by atoms with Crippen molar-refractivity contribution < 1.29 is 5.11 Å². The second kappa shape index (κ2) is 6.64. The highest BCUT2D eigenvalue weighted by Gasteiger charge is 2.07. The maximum absolute atomic E-state index is 8.63. The van der Waals surface area contributed by atoms with Gasteiger partial charge in [-0.05, 0) is 44.5 Å². The Morgan fingerprint density at radius 2 is 2.07 bits per heavy atom. The van der Waals surface area contributed by atoms with Gasteiger partial charge in [-0.15, -0.1) is 0 Å². The van der Waals surface area contributed by atoms with Gasteiger partial charge in [-0.1, -0.05) is 18.3 Å². The number of aliphatic hydroxyl groups is 1. The highest BCUT2D eigenvalue weighted by atomic mass is 16.2. The van der Waals surface area contributed by atoms with Crippen molar-refractivity contribution in [1.29, 1.82) is 0 Å². The molecule has 2 heteroatoms. The molecule has 0 aromatic heterocycles. The SMILES string of the molecule is C/C(C#CCN1CCCCC1)=C/CO. The molecule has 1 aliphatic rings. The summed E-state index contributed by atoms with van der Waals surface area (Å²) in [5, 5.41) is 8.63. The molecule has 0 aromatic rings.